The number of benzene rings is 1. The lowest BCUT2D eigenvalue weighted by molar-refractivity contribution is -0.135. The molecular weight excluding hydrogens is 404 g/mol. The Balaban J connectivity index is 1.54. The van der Waals surface area contributed by atoms with Crippen molar-refractivity contribution in [1.82, 2.24) is 20.2 Å². The first-order chi connectivity index (χ1) is 14.5. The number of fused-ring (bicyclic) bond motifs is 1. The maximum Gasteiger partial charge on any atom is 0.268 e. The van der Waals surface area contributed by atoms with Gasteiger partial charge in [0.1, 0.15) is 16.9 Å². The van der Waals surface area contributed by atoms with Gasteiger partial charge in [-0.2, -0.15) is 0 Å². The average molecular weight is 427 g/mol. The van der Waals surface area contributed by atoms with Gasteiger partial charge in [0, 0.05) is 24.9 Å². The van der Waals surface area contributed by atoms with Crippen LogP contribution in [0.2, 0.25) is 5.15 Å². The molecule has 3 heterocycles. The van der Waals surface area contributed by atoms with Crippen LogP contribution in [0.5, 0.6) is 0 Å². The summed E-state index contributed by atoms with van der Waals surface area (Å²) < 4.78 is 0. The number of halogens is 1. The largest absolute Gasteiger partial charge is 0.393 e. The number of piperidine rings is 1. The fraction of sp³-hybridized carbons (Fsp3) is 0.318. The smallest absolute Gasteiger partial charge is 0.268 e. The minimum Gasteiger partial charge on any atom is -0.393 e. The van der Waals surface area contributed by atoms with E-state index in [1.54, 1.807) is 23.2 Å². The van der Waals surface area contributed by atoms with E-state index in [1.165, 1.54) is 0 Å². The number of hydrogen-bond acceptors (Lipinski definition) is 4. The van der Waals surface area contributed by atoms with Gasteiger partial charge in [0.05, 0.1) is 17.8 Å². The monoisotopic (exact) mass is 426 g/mol. The minimum atomic E-state index is -0.705. The standard InChI is InChI=1S/C22H23ClN4O3/c23-20-12-15-11-17(25-19(15)13-24-20)21(29)26-18(10-14-4-2-1-3-5-14)22(30)27-8-6-16(28)7-9-27/h1-5,11-13,16,18,25,28H,6-10H2,(H,26,29)/t18-/m0/s1. The highest BCUT2D eigenvalue weighted by Crippen LogP contribution is 2.19. The molecule has 1 saturated heterocycles. The number of hydrogen-bond donors (Lipinski definition) is 3. The summed E-state index contributed by atoms with van der Waals surface area (Å²) >= 11 is 5.93. The minimum absolute atomic E-state index is 0.139. The number of carbonyl (C=O) groups is 2. The number of likely N-dealkylation sites (tertiary alicyclic amines) is 1. The first-order valence-corrected chi connectivity index (χ1v) is 10.3. The molecule has 0 aliphatic carbocycles. The lowest BCUT2D eigenvalue weighted by Crippen LogP contribution is -2.52. The van der Waals surface area contributed by atoms with Gasteiger partial charge in [0.2, 0.25) is 5.91 Å². The van der Waals surface area contributed by atoms with Crippen LogP contribution < -0.4 is 5.32 Å². The van der Waals surface area contributed by atoms with Crippen molar-refractivity contribution in [3.8, 4) is 0 Å². The number of aromatic amines is 1. The van der Waals surface area contributed by atoms with Crippen molar-refractivity contribution in [2.45, 2.75) is 31.4 Å². The number of pyridine rings is 1. The molecule has 1 atom stereocenters. The lowest BCUT2D eigenvalue weighted by atomic mass is 10.0. The topological polar surface area (TPSA) is 98.3 Å². The van der Waals surface area contributed by atoms with Gasteiger partial charge in [0.15, 0.2) is 0 Å². The molecule has 2 amide bonds. The first-order valence-electron chi connectivity index (χ1n) is 9.95. The number of nitrogens with zero attached hydrogens (tertiary/aromatic N) is 2. The fourth-order valence-corrected chi connectivity index (χ4v) is 3.89. The third-order valence-electron chi connectivity index (χ3n) is 5.38. The summed E-state index contributed by atoms with van der Waals surface area (Å²) in [5.41, 5.74) is 2.00. The van der Waals surface area contributed by atoms with Gasteiger partial charge in [-0.05, 0) is 30.5 Å². The van der Waals surface area contributed by atoms with Crippen LogP contribution >= 0.6 is 11.6 Å². The van der Waals surface area contributed by atoms with Gasteiger partial charge >= 0.3 is 0 Å². The van der Waals surface area contributed by atoms with E-state index in [0.29, 0.717) is 48.7 Å². The molecule has 1 aliphatic rings. The van der Waals surface area contributed by atoms with Crippen molar-refractivity contribution in [2.24, 2.45) is 0 Å². The Bertz CT molecular complexity index is 1040. The zero-order chi connectivity index (χ0) is 21.1. The SMILES string of the molecule is O=C(N[C@@H](Cc1ccccc1)C(=O)N1CCC(O)CC1)c1cc2cc(Cl)ncc2[nH]1. The Morgan fingerprint density at radius 3 is 2.70 bits per heavy atom. The number of carbonyl (C=O) groups excluding carboxylic acids is 2. The van der Waals surface area contributed by atoms with Crippen molar-refractivity contribution in [1.29, 1.82) is 0 Å². The number of aromatic nitrogens is 2. The average Bonchev–Trinajstić information content (AvgIpc) is 3.17. The zero-order valence-corrected chi connectivity index (χ0v) is 17.1. The highest BCUT2D eigenvalue weighted by Gasteiger charge is 2.29. The molecule has 0 spiro atoms. The Hall–Kier alpha value is -2.90. The maximum atomic E-state index is 13.2. The van der Waals surface area contributed by atoms with Gasteiger partial charge in [-0.25, -0.2) is 4.98 Å². The van der Waals surface area contributed by atoms with Crippen LogP contribution in [0, 0.1) is 0 Å². The van der Waals surface area contributed by atoms with E-state index in [4.69, 9.17) is 11.6 Å². The highest BCUT2D eigenvalue weighted by atomic mass is 35.5. The second-order valence-corrected chi connectivity index (χ2v) is 7.94. The second-order valence-electron chi connectivity index (χ2n) is 7.55. The van der Waals surface area contributed by atoms with Crippen LogP contribution in [0.1, 0.15) is 28.9 Å². The molecule has 3 N–H and O–H groups in total. The molecule has 156 valence electrons. The Morgan fingerprint density at radius 2 is 1.97 bits per heavy atom. The number of H-pyrrole nitrogens is 1. The summed E-state index contributed by atoms with van der Waals surface area (Å²) in [6.07, 6.45) is 2.68. The lowest BCUT2D eigenvalue weighted by Gasteiger charge is -2.32. The molecule has 7 nitrogen and oxygen atoms in total. The molecule has 0 unspecified atom stereocenters. The summed E-state index contributed by atoms with van der Waals surface area (Å²) in [6, 6.07) is 12.3. The van der Waals surface area contributed by atoms with Crippen LogP contribution in [0.25, 0.3) is 10.9 Å². The third kappa shape index (κ3) is 4.63. The number of aliphatic hydroxyl groups is 1. The normalized spacial score (nSPS) is 15.9. The molecular formula is C22H23ClN4O3. The first kappa shape index (κ1) is 20.4. The Kier molecular flexibility index (Phi) is 6.01. The van der Waals surface area contributed by atoms with Crippen LogP contribution in [0.3, 0.4) is 0 Å². The van der Waals surface area contributed by atoms with E-state index in [-0.39, 0.29) is 17.9 Å². The molecule has 4 rings (SSSR count). The van der Waals surface area contributed by atoms with Gasteiger partial charge < -0.3 is 20.3 Å². The van der Waals surface area contributed by atoms with Crippen LogP contribution in [0.15, 0.2) is 48.7 Å². The third-order valence-corrected chi connectivity index (χ3v) is 5.59. The van der Waals surface area contributed by atoms with Crippen molar-refractivity contribution in [2.75, 3.05) is 13.1 Å². The van der Waals surface area contributed by atoms with Crippen molar-refractivity contribution in [3.63, 3.8) is 0 Å². The number of nitrogens with one attached hydrogen (secondary N) is 2. The van der Waals surface area contributed by atoms with Gasteiger partial charge in [0.25, 0.3) is 5.91 Å². The van der Waals surface area contributed by atoms with Crippen molar-refractivity contribution in [3.05, 3.63) is 65.1 Å². The van der Waals surface area contributed by atoms with Gasteiger partial charge in [-0.15, -0.1) is 0 Å². The van der Waals surface area contributed by atoms with Crippen molar-refractivity contribution >= 4 is 34.3 Å². The van der Waals surface area contributed by atoms with Crippen LogP contribution in [0.4, 0.5) is 0 Å². The number of aliphatic hydroxyl groups excluding tert-OH is 1. The predicted octanol–water partition coefficient (Wildman–Crippen LogP) is 2.54. The second kappa shape index (κ2) is 8.85. The molecule has 1 aromatic carbocycles. The van der Waals surface area contributed by atoms with Crippen LogP contribution in [-0.4, -0.2) is 57.0 Å². The van der Waals surface area contributed by atoms with E-state index >= 15 is 0 Å². The predicted molar refractivity (Wildman–Crippen MR) is 114 cm³/mol. The van der Waals surface area contributed by atoms with Crippen LogP contribution in [-0.2, 0) is 11.2 Å². The van der Waals surface area contributed by atoms with E-state index < -0.39 is 6.04 Å². The number of amides is 2. The van der Waals surface area contributed by atoms with Crippen molar-refractivity contribution < 1.29 is 14.7 Å². The number of rotatable bonds is 5. The molecule has 8 heteroatoms. The summed E-state index contributed by atoms with van der Waals surface area (Å²) in [5, 5.41) is 13.7. The van der Waals surface area contributed by atoms with E-state index in [9.17, 15) is 14.7 Å². The molecule has 30 heavy (non-hydrogen) atoms. The van der Waals surface area contributed by atoms with E-state index in [2.05, 4.69) is 15.3 Å². The molecule has 3 aromatic rings. The molecule has 1 aliphatic heterocycles. The summed E-state index contributed by atoms with van der Waals surface area (Å²) in [6.45, 7) is 0.968. The Labute approximate surface area is 179 Å². The Morgan fingerprint density at radius 1 is 1.23 bits per heavy atom. The van der Waals surface area contributed by atoms with Gasteiger partial charge in [-0.3, -0.25) is 9.59 Å². The molecule has 0 saturated carbocycles. The summed E-state index contributed by atoms with van der Waals surface area (Å²) in [4.78, 5) is 34.9. The van der Waals surface area contributed by atoms with E-state index in [0.717, 1.165) is 10.9 Å². The highest BCUT2D eigenvalue weighted by molar-refractivity contribution is 6.30. The quantitative estimate of drug-likeness (QED) is 0.546. The molecule has 0 bridgehead atoms. The molecule has 1 fully saturated rings. The summed E-state index contributed by atoms with van der Waals surface area (Å²) in [5.74, 6) is -0.506. The van der Waals surface area contributed by atoms with E-state index in [1.807, 2.05) is 30.3 Å². The van der Waals surface area contributed by atoms with Gasteiger partial charge in [-0.1, -0.05) is 41.9 Å². The maximum absolute atomic E-state index is 13.2. The summed E-state index contributed by atoms with van der Waals surface area (Å²) in [7, 11) is 0. The molecule has 2 aromatic heterocycles. The fourth-order valence-electron chi connectivity index (χ4n) is 3.72. The zero-order valence-electron chi connectivity index (χ0n) is 16.3. The molecule has 0 radical (unpaired) electrons.